The SMILES string of the molecule is CCP(=N/C(=C/C(=O)OC)C(=O)OC)(c1ccccc1)c1ccccc1. The molecule has 0 amide bonds. The smallest absolute Gasteiger partial charge is 0.356 e. The van der Waals surface area contributed by atoms with Gasteiger partial charge in [-0.05, 0) is 16.8 Å². The highest BCUT2D eigenvalue weighted by Crippen LogP contribution is 2.48. The molecular formula is C20H22NO4P. The summed E-state index contributed by atoms with van der Waals surface area (Å²) in [5.74, 6) is -1.32. The van der Waals surface area contributed by atoms with Crippen LogP contribution < -0.4 is 10.6 Å². The zero-order chi connectivity index (χ0) is 19.0. The van der Waals surface area contributed by atoms with E-state index in [1.807, 2.05) is 67.6 Å². The third-order valence-corrected chi connectivity index (χ3v) is 7.73. The van der Waals surface area contributed by atoms with Crippen LogP contribution in [0.25, 0.3) is 0 Å². The highest BCUT2D eigenvalue weighted by atomic mass is 31.2. The molecule has 2 rings (SSSR count). The normalized spacial score (nSPS) is 11.6. The summed E-state index contributed by atoms with van der Waals surface area (Å²) in [6.45, 7) is 2.03. The average Bonchev–Trinajstić information content (AvgIpc) is 2.71. The van der Waals surface area contributed by atoms with Gasteiger partial charge in [-0.15, -0.1) is 0 Å². The molecule has 0 saturated heterocycles. The van der Waals surface area contributed by atoms with Crippen molar-refractivity contribution in [3.05, 3.63) is 72.4 Å². The Morgan fingerprint density at radius 1 is 0.923 bits per heavy atom. The van der Waals surface area contributed by atoms with Crippen molar-refractivity contribution < 1.29 is 19.1 Å². The van der Waals surface area contributed by atoms with E-state index >= 15 is 0 Å². The lowest BCUT2D eigenvalue weighted by molar-refractivity contribution is -0.138. The van der Waals surface area contributed by atoms with Crippen LogP contribution in [0, 0.1) is 0 Å². The summed E-state index contributed by atoms with van der Waals surface area (Å²) in [7, 11) is 0.195. The minimum absolute atomic E-state index is 0.0396. The minimum atomic E-state index is -2.32. The maximum absolute atomic E-state index is 12.2. The molecule has 0 aliphatic rings. The predicted octanol–water partition coefficient (Wildman–Crippen LogP) is 3.09. The van der Waals surface area contributed by atoms with Gasteiger partial charge >= 0.3 is 11.9 Å². The molecule has 136 valence electrons. The summed E-state index contributed by atoms with van der Waals surface area (Å²) < 4.78 is 14.3. The Bertz CT molecular complexity index is 801. The van der Waals surface area contributed by atoms with E-state index in [2.05, 4.69) is 4.74 Å². The van der Waals surface area contributed by atoms with Gasteiger partial charge in [-0.25, -0.2) is 9.59 Å². The minimum Gasteiger partial charge on any atom is -0.466 e. The number of carbonyl (C=O) groups is 2. The standard InChI is InChI=1S/C20H22NO4P/c1-4-26(16-11-7-5-8-12-16,17-13-9-6-10-14-17)21-18(20(23)25-3)15-19(22)24-2/h5-15H,4H2,1-3H3/b18-15+. The van der Waals surface area contributed by atoms with Crippen molar-refractivity contribution in [2.45, 2.75) is 6.92 Å². The van der Waals surface area contributed by atoms with Gasteiger partial charge in [0.05, 0.1) is 20.3 Å². The highest BCUT2D eigenvalue weighted by Gasteiger charge is 2.25. The Morgan fingerprint density at radius 3 is 1.81 bits per heavy atom. The van der Waals surface area contributed by atoms with Crippen LogP contribution >= 0.6 is 7.05 Å². The predicted molar refractivity (Wildman–Crippen MR) is 104 cm³/mol. The monoisotopic (exact) mass is 371 g/mol. The fourth-order valence-corrected chi connectivity index (χ4v) is 5.88. The Kier molecular flexibility index (Phi) is 6.93. The van der Waals surface area contributed by atoms with E-state index in [1.54, 1.807) is 0 Å². The Morgan fingerprint density at radius 2 is 1.42 bits per heavy atom. The highest BCUT2D eigenvalue weighted by molar-refractivity contribution is 7.80. The number of esters is 2. The first kappa shape index (κ1) is 19.7. The summed E-state index contributed by atoms with van der Waals surface area (Å²) in [6, 6.07) is 19.7. The van der Waals surface area contributed by atoms with Crippen molar-refractivity contribution in [1.82, 2.24) is 0 Å². The zero-order valence-electron chi connectivity index (χ0n) is 15.1. The fraction of sp³-hybridized carbons (Fsp3) is 0.200. The number of ether oxygens (including phenoxy) is 2. The number of benzene rings is 2. The molecule has 0 spiro atoms. The van der Waals surface area contributed by atoms with Gasteiger partial charge in [-0.2, -0.15) is 0 Å². The second-order valence-corrected chi connectivity index (χ2v) is 8.81. The summed E-state index contributed by atoms with van der Waals surface area (Å²) in [5, 5.41) is 2.04. The van der Waals surface area contributed by atoms with Crippen molar-refractivity contribution in [2.75, 3.05) is 20.4 Å². The van der Waals surface area contributed by atoms with E-state index in [1.165, 1.54) is 14.2 Å². The van der Waals surface area contributed by atoms with Gasteiger partial charge in [0.25, 0.3) is 0 Å². The van der Waals surface area contributed by atoms with E-state index in [4.69, 9.17) is 9.48 Å². The summed E-state index contributed by atoms with van der Waals surface area (Å²) in [5.41, 5.74) is -0.0396. The molecule has 6 heteroatoms. The van der Waals surface area contributed by atoms with Crippen molar-refractivity contribution in [2.24, 2.45) is 4.74 Å². The van der Waals surface area contributed by atoms with Crippen LogP contribution in [0.5, 0.6) is 0 Å². The van der Waals surface area contributed by atoms with E-state index in [-0.39, 0.29) is 5.70 Å². The molecule has 0 heterocycles. The number of methoxy groups -OCH3 is 2. The Labute approximate surface area is 153 Å². The molecule has 0 aromatic heterocycles. The van der Waals surface area contributed by atoms with Gasteiger partial charge < -0.3 is 9.47 Å². The van der Waals surface area contributed by atoms with Gasteiger partial charge in [0, 0.05) is 7.05 Å². The van der Waals surface area contributed by atoms with Crippen molar-refractivity contribution in [1.29, 1.82) is 0 Å². The first-order valence-corrected chi connectivity index (χ1v) is 10.1. The summed E-state index contributed by atoms with van der Waals surface area (Å²) in [4.78, 5) is 24.0. The molecule has 0 saturated carbocycles. The lowest BCUT2D eigenvalue weighted by Crippen LogP contribution is -2.19. The number of carbonyl (C=O) groups excluding carboxylic acids is 2. The van der Waals surface area contributed by atoms with Crippen molar-refractivity contribution in [3.8, 4) is 0 Å². The van der Waals surface area contributed by atoms with Gasteiger partial charge in [0.1, 0.15) is 0 Å². The molecule has 0 aliphatic heterocycles. The van der Waals surface area contributed by atoms with Gasteiger partial charge in [-0.1, -0.05) is 67.6 Å². The average molecular weight is 371 g/mol. The van der Waals surface area contributed by atoms with Gasteiger partial charge in [0.2, 0.25) is 0 Å². The fourth-order valence-electron chi connectivity index (χ4n) is 2.64. The molecule has 0 unspecified atom stereocenters. The van der Waals surface area contributed by atoms with Gasteiger partial charge in [0.15, 0.2) is 5.70 Å². The number of nitrogens with zero attached hydrogens (tertiary/aromatic N) is 1. The molecule has 0 N–H and O–H groups in total. The number of rotatable bonds is 6. The number of hydrogen-bond donors (Lipinski definition) is 0. The zero-order valence-corrected chi connectivity index (χ0v) is 16.0. The first-order valence-electron chi connectivity index (χ1n) is 8.18. The van der Waals surface area contributed by atoms with Crippen molar-refractivity contribution >= 4 is 29.6 Å². The lowest BCUT2D eigenvalue weighted by Gasteiger charge is -2.25. The Balaban J connectivity index is 2.81. The van der Waals surface area contributed by atoms with Crippen LogP contribution in [0.2, 0.25) is 0 Å². The van der Waals surface area contributed by atoms with Crippen LogP contribution in [-0.4, -0.2) is 32.3 Å². The van der Waals surface area contributed by atoms with Gasteiger partial charge in [-0.3, -0.25) is 4.74 Å². The molecule has 26 heavy (non-hydrogen) atoms. The second kappa shape index (κ2) is 9.16. The van der Waals surface area contributed by atoms with E-state index in [0.29, 0.717) is 6.16 Å². The molecule has 0 fully saturated rings. The topological polar surface area (TPSA) is 65.0 Å². The second-order valence-electron chi connectivity index (χ2n) is 5.40. The first-order chi connectivity index (χ1) is 12.6. The van der Waals surface area contributed by atoms with Crippen LogP contribution in [0.15, 0.2) is 77.2 Å². The van der Waals surface area contributed by atoms with E-state index in [0.717, 1.165) is 16.7 Å². The quantitative estimate of drug-likeness (QED) is 0.445. The molecule has 0 aliphatic carbocycles. The molecular weight excluding hydrogens is 349 g/mol. The molecule has 2 aromatic rings. The molecule has 5 nitrogen and oxygen atoms in total. The molecule has 0 bridgehead atoms. The lowest BCUT2D eigenvalue weighted by atomic mass is 10.4. The van der Waals surface area contributed by atoms with Crippen molar-refractivity contribution in [3.63, 3.8) is 0 Å². The van der Waals surface area contributed by atoms with Crippen LogP contribution in [0.1, 0.15) is 6.92 Å². The summed E-state index contributed by atoms with van der Waals surface area (Å²) in [6.07, 6.45) is 1.78. The van der Waals surface area contributed by atoms with E-state index in [9.17, 15) is 9.59 Å². The summed E-state index contributed by atoms with van der Waals surface area (Å²) >= 11 is 0. The molecule has 0 radical (unpaired) electrons. The maximum atomic E-state index is 12.2. The van der Waals surface area contributed by atoms with Crippen LogP contribution in [0.4, 0.5) is 0 Å². The van der Waals surface area contributed by atoms with E-state index < -0.39 is 19.0 Å². The maximum Gasteiger partial charge on any atom is 0.356 e. The third kappa shape index (κ3) is 4.30. The third-order valence-electron chi connectivity index (χ3n) is 3.95. The van der Waals surface area contributed by atoms with Crippen LogP contribution in [-0.2, 0) is 19.1 Å². The molecule has 2 aromatic carbocycles. The molecule has 0 atom stereocenters. The Hall–Kier alpha value is -2.65. The largest absolute Gasteiger partial charge is 0.466 e. The number of hydrogen-bond acceptors (Lipinski definition) is 5. The van der Waals surface area contributed by atoms with Crippen LogP contribution in [0.3, 0.4) is 0 Å².